The van der Waals surface area contributed by atoms with Gasteiger partial charge in [-0.25, -0.2) is 9.67 Å². The number of hydrogen-bond donors (Lipinski definition) is 1. The lowest BCUT2D eigenvalue weighted by Gasteiger charge is -2.36. The number of fused-ring (bicyclic) bond motifs is 1. The first-order valence-corrected chi connectivity index (χ1v) is 9.38. The molecule has 1 aliphatic heterocycles. The molecule has 0 saturated carbocycles. The molecule has 0 aliphatic carbocycles. The molecule has 4 rings (SSSR count). The van der Waals surface area contributed by atoms with Gasteiger partial charge in [-0.3, -0.25) is 4.79 Å². The smallest absolute Gasteiger partial charge is 0.311 e. The van der Waals surface area contributed by atoms with Crippen molar-refractivity contribution in [3.05, 3.63) is 62.3 Å². The van der Waals surface area contributed by atoms with Crippen molar-refractivity contribution in [2.24, 2.45) is 0 Å². The van der Waals surface area contributed by atoms with Crippen molar-refractivity contribution in [3.8, 4) is 11.4 Å². The second-order valence-corrected chi connectivity index (χ2v) is 7.74. The number of aromatic nitrogens is 5. The molecule has 1 N–H and O–H groups in total. The number of alkyl halides is 3. The van der Waals surface area contributed by atoms with Crippen LogP contribution < -0.4 is 5.56 Å². The molecular weight excluding hydrogens is 407 g/mol. The van der Waals surface area contributed by atoms with Gasteiger partial charge in [0.2, 0.25) is 0 Å². The molecule has 0 bridgehead atoms. The summed E-state index contributed by atoms with van der Waals surface area (Å²) in [5, 5.41) is 8.53. The van der Waals surface area contributed by atoms with Crippen LogP contribution in [-0.4, -0.2) is 25.0 Å². The fraction of sp³-hybridized carbons (Fsp3) is 0.368. The molecule has 1 aromatic carbocycles. The van der Waals surface area contributed by atoms with Gasteiger partial charge >= 0.3 is 6.18 Å². The maximum Gasteiger partial charge on any atom is 0.416 e. The summed E-state index contributed by atoms with van der Waals surface area (Å²) < 4.78 is 40.7. The Morgan fingerprint density at radius 3 is 2.69 bits per heavy atom. The summed E-state index contributed by atoms with van der Waals surface area (Å²) in [5.41, 5.74) is 0.359. The van der Waals surface area contributed by atoms with Crippen molar-refractivity contribution in [3.63, 3.8) is 0 Å². The van der Waals surface area contributed by atoms with Gasteiger partial charge in [-0.15, -0.1) is 5.10 Å². The van der Waals surface area contributed by atoms with Crippen LogP contribution in [0.4, 0.5) is 13.2 Å². The fourth-order valence-corrected chi connectivity index (χ4v) is 4.29. The monoisotopic (exact) mass is 423 g/mol. The van der Waals surface area contributed by atoms with E-state index < -0.39 is 17.3 Å². The lowest BCUT2D eigenvalue weighted by Crippen LogP contribution is -2.37. The van der Waals surface area contributed by atoms with Crippen LogP contribution >= 0.6 is 11.6 Å². The van der Waals surface area contributed by atoms with Crippen molar-refractivity contribution in [1.82, 2.24) is 25.0 Å². The van der Waals surface area contributed by atoms with Crippen LogP contribution in [0, 0.1) is 6.92 Å². The van der Waals surface area contributed by atoms with E-state index in [1.807, 2.05) is 6.92 Å². The Hall–Kier alpha value is -2.68. The van der Waals surface area contributed by atoms with E-state index in [9.17, 15) is 18.0 Å². The van der Waals surface area contributed by atoms with Gasteiger partial charge in [0.1, 0.15) is 17.2 Å². The summed E-state index contributed by atoms with van der Waals surface area (Å²) in [6, 6.07) is 4.72. The first-order valence-electron chi connectivity index (χ1n) is 9.00. The highest BCUT2D eigenvalue weighted by molar-refractivity contribution is 6.31. The largest absolute Gasteiger partial charge is 0.416 e. The Kier molecular flexibility index (Phi) is 4.53. The average Bonchev–Trinajstić information content (AvgIpc) is 3.05. The highest BCUT2D eigenvalue weighted by Gasteiger charge is 2.39. The maximum atomic E-state index is 13.0. The number of halogens is 4. The van der Waals surface area contributed by atoms with Crippen LogP contribution in [0.3, 0.4) is 0 Å². The predicted molar refractivity (Wildman–Crippen MR) is 101 cm³/mol. The van der Waals surface area contributed by atoms with Crippen LogP contribution in [0.1, 0.15) is 42.4 Å². The fourth-order valence-electron chi connectivity index (χ4n) is 3.91. The minimum absolute atomic E-state index is 0.0253. The molecule has 3 heterocycles. The van der Waals surface area contributed by atoms with Crippen molar-refractivity contribution >= 4 is 11.6 Å². The van der Waals surface area contributed by atoms with E-state index in [0.29, 0.717) is 35.6 Å². The van der Waals surface area contributed by atoms with E-state index in [2.05, 4.69) is 20.3 Å². The third kappa shape index (κ3) is 3.33. The van der Waals surface area contributed by atoms with Crippen LogP contribution in [0.5, 0.6) is 0 Å². The Labute approximate surface area is 168 Å². The van der Waals surface area contributed by atoms with Gasteiger partial charge in [-0.05, 0) is 50.8 Å². The van der Waals surface area contributed by atoms with E-state index in [1.165, 1.54) is 12.1 Å². The van der Waals surface area contributed by atoms with Gasteiger partial charge in [0, 0.05) is 11.1 Å². The average molecular weight is 424 g/mol. The topological polar surface area (TPSA) is 76.5 Å². The van der Waals surface area contributed by atoms with E-state index in [1.54, 1.807) is 11.6 Å². The van der Waals surface area contributed by atoms with E-state index in [4.69, 9.17) is 11.6 Å². The summed E-state index contributed by atoms with van der Waals surface area (Å²) in [7, 11) is 0. The quantitative estimate of drug-likeness (QED) is 0.673. The molecule has 1 atom stereocenters. The Bertz CT molecular complexity index is 1150. The second-order valence-electron chi connectivity index (χ2n) is 7.33. The third-order valence-corrected chi connectivity index (χ3v) is 5.60. The van der Waals surface area contributed by atoms with Crippen molar-refractivity contribution in [2.45, 2.75) is 44.8 Å². The van der Waals surface area contributed by atoms with Crippen molar-refractivity contribution in [2.75, 3.05) is 0 Å². The minimum atomic E-state index is -4.47. The Balaban J connectivity index is 1.84. The summed E-state index contributed by atoms with van der Waals surface area (Å²) in [4.78, 5) is 18.7. The molecule has 0 radical (unpaired) electrons. The highest BCUT2D eigenvalue weighted by Crippen LogP contribution is 2.42. The van der Waals surface area contributed by atoms with Gasteiger partial charge < -0.3 is 4.98 Å². The number of rotatable bonds is 2. The standard InChI is InChI=1S/C19H17ClF3N5O/c1-10-24-14(9-16(29)25-10)17-15-4-3-7-18(2,28(15)27-26-17)12-6-5-11(8-13(12)20)19(21,22)23/h5-6,8-9H,3-4,7H2,1-2H3,(H,24,25,29). The van der Waals surface area contributed by atoms with Crippen LogP contribution in [0.2, 0.25) is 5.02 Å². The van der Waals surface area contributed by atoms with Crippen molar-refractivity contribution < 1.29 is 13.2 Å². The highest BCUT2D eigenvalue weighted by atomic mass is 35.5. The number of aryl methyl sites for hydroxylation is 1. The zero-order valence-corrected chi connectivity index (χ0v) is 16.4. The molecular formula is C19H17ClF3N5O. The van der Waals surface area contributed by atoms with Crippen LogP contribution in [0.15, 0.2) is 29.1 Å². The molecule has 3 aromatic rings. The SMILES string of the molecule is Cc1nc(-c2nnn3c2CCCC3(C)c2ccc(C(F)(F)F)cc2Cl)cc(=O)[nH]1. The second kappa shape index (κ2) is 6.69. The molecule has 0 fully saturated rings. The summed E-state index contributed by atoms with van der Waals surface area (Å²) in [5.74, 6) is 0.457. The molecule has 1 unspecified atom stereocenters. The van der Waals surface area contributed by atoms with Crippen LogP contribution in [0.25, 0.3) is 11.4 Å². The Morgan fingerprint density at radius 2 is 2.03 bits per heavy atom. The van der Waals surface area contributed by atoms with Crippen molar-refractivity contribution in [1.29, 1.82) is 0 Å². The number of aromatic amines is 1. The number of nitrogens with zero attached hydrogens (tertiary/aromatic N) is 4. The maximum absolute atomic E-state index is 13.0. The van der Waals surface area contributed by atoms with Gasteiger partial charge in [0.05, 0.1) is 16.8 Å². The number of benzene rings is 1. The van der Waals surface area contributed by atoms with Gasteiger partial charge in [0.25, 0.3) is 5.56 Å². The van der Waals surface area contributed by atoms with Gasteiger partial charge in [-0.1, -0.05) is 22.9 Å². The van der Waals surface area contributed by atoms with Gasteiger partial charge in [0.15, 0.2) is 0 Å². The Morgan fingerprint density at radius 1 is 1.28 bits per heavy atom. The summed E-state index contributed by atoms with van der Waals surface area (Å²) in [6.07, 6.45) is -2.42. The molecule has 6 nitrogen and oxygen atoms in total. The molecule has 2 aromatic heterocycles. The van der Waals surface area contributed by atoms with E-state index in [0.717, 1.165) is 24.2 Å². The molecule has 0 amide bonds. The number of hydrogen-bond acceptors (Lipinski definition) is 4. The lowest BCUT2D eigenvalue weighted by molar-refractivity contribution is -0.137. The molecule has 0 saturated heterocycles. The molecule has 0 spiro atoms. The summed E-state index contributed by atoms with van der Waals surface area (Å²) >= 11 is 6.27. The molecule has 10 heteroatoms. The molecule has 29 heavy (non-hydrogen) atoms. The number of H-pyrrole nitrogens is 1. The predicted octanol–water partition coefficient (Wildman–Crippen LogP) is 4.11. The minimum Gasteiger partial charge on any atom is -0.311 e. The van der Waals surface area contributed by atoms with E-state index in [-0.39, 0.29) is 10.6 Å². The summed E-state index contributed by atoms with van der Waals surface area (Å²) in [6.45, 7) is 3.55. The first-order chi connectivity index (χ1) is 13.6. The van der Waals surface area contributed by atoms with Gasteiger partial charge in [-0.2, -0.15) is 13.2 Å². The number of nitrogens with one attached hydrogen (secondary N) is 1. The zero-order valence-electron chi connectivity index (χ0n) is 15.6. The zero-order chi connectivity index (χ0) is 21.0. The molecule has 1 aliphatic rings. The van der Waals surface area contributed by atoms with E-state index >= 15 is 0 Å². The third-order valence-electron chi connectivity index (χ3n) is 5.29. The normalized spacial score (nSPS) is 19.2. The molecule has 152 valence electrons. The van der Waals surface area contributed by atoms with Crippen LogP contribution in [-0.2, 0) is 18.1 Å². The first kappa shape index (κ1) is 19.6. The lowest BCUT2D eigenvalue weighted by atomic mass is 9.83.